The van der Waals surface area contributed by atoms with E-state index in [0.717, 1.165) is 19.1 Å². The van der Waals surface area contributed by atoms with E-state index in [-0.39, 0.29) is 0 Å². The minimum absolute atomic E-state index is 0.544. The van der Waals surface area contributed by atoms with Gasteiger partial charge >= 0.3 is 0 Å². The molecule has 0 bridgehead atoms. The van der Waals surface area contributed by atoms with Crippen molar-refractivity contribution in [3.8, 4) is 0 Å². The zero-order chi connectivity index (χ0) is 12.8. The van der Waals surface area contributed by atoms with Gasteiger partial charge in [0.1, 0.15) is 0 Å². The minimum atomic E-state index is 0.544. The first-order valence-electron chi connectivity index (χ1n) is 7.56. The molecular weight excluding hydrogens is 290 g/mol. The smallest absolute Gasteiger partial charge is 0.0506 e. The second kappa shape index (κ2) is 7.25. The molecule has 2 nitrogen and oxygen atoms in total. The third kappa shape index (κ3) is 4.21. The van der Waals surface area contributed by atoms with Gasteiger partial charge in [-0.25, -0.2) is 0 Å². The third-order valence-electron chi connectivity index (χ3n) is 4.63. The molecule has 2 rings (SSSR count). The van der Waals surface area contributed by atoms with Crippen LogP contribution in [0.3, 0.4) is 0 Å². The van der Waals surface area contributed by atoms with Gasteiger partial charge in [-0.15, -0.1) is 0 Å². The Labute approximate surface area is 121 Å². The average molecular weight is 318 g/mol. The van der Waals surface area contributed by atoms with Crippen molar-refractivity contribution in [2.45, 2.75) is 44.9 Å². The van der Waals surface area contributed by atoms with Gasteiger partial charge in [-0.05, 0) is 44.1 Å². The summed E-state index contributed by atoms with van der Waals surface area (Å²) in [5.41, 5.74) is 0.544. The lowest BCUT2D eigenvalue weighted by Gasteiger charge is -2.40. The summed E-state index contributed by atoms with van der Waals surface area (Å²) in [6, 6.07) is 0. The summed E-state index contributed by atoms with van der Waals surface area (Å²) in [7, 11) is 2.30. The Morgan fingerprint density at radius 3 is 2.61 bits per heavy atom. The summed E-state index contributed by atoms with van der Waals surface area (Å²) >= 11 is 3.77. The molecule has 0 aromatic heterocycles. The maximum absolute atomic E-state index is 5.59. The second-order valence-electron chi connectivity index (χ2n) is 6.47. The summed E-state index contributed by atoms with van der Waals surface area (Å²) in [6.45, 7) is 4.43. The van der Waals surface area contributed by atoms with E-state index in [2.05, 4.69) is 27.9 Å². The van der Waals surface area contributed by atoms with Gasteiger partial charge in [0.2, 0.25) is 0 Å². The molecule has 0 aromatic carbocycles. The molecule has 1 saturated heterocycles. The van der Waals surface area contributed by atoms with Crippen LogP contribution in [0.25, 0.3) is 0 Å². The van der Waals surface area contributed by atoms with Gasteiger partial charge in [-0.3, -0.25) is 0 Å². The molecule has 2 aliphatic rings. The van der Waals surface area contributed by atoms with Crippen LogP contribution in [0.15, 0.2) is 0 Å². The first-order chi connectivity index (χ1) is 8.74. The van der Waals surface area contributed by atoms with Gasteiger partial charge in [0.25, 0.3) is 0 Å². The van der Waals surface area contributed by atoms with Crippen LogP contribution in [0.5, 0.6) is 0 Å². The van der Waals surface area contributed by atoms with Crippen molar-refractivity contribution in [3.63, 3.8) is 0 Å². The lowest BCUT2D eigenvalue weighted by Crippen LogP contribution is -2.41. The molecule has 1 aliphatic carbocycles. The van der Waals surface area contributed by atoms with Crippen LogP contribution >= 0.6 is 15.9 Å². The highest BCUT2D eigenvalue weighted by atomic mass is 79.9. The molecule has 0 radical (unpaired) electrons. The van der Waals surface area contributed by atoms with Crippen LogP contribution in [-0.2, 0) is 4.74 Å². The van der Waals surface area contributed by atoms with Gasteiger partial charge in [0.05, 0.1) is 6.61 Å². The fourth-order valence-electron chi connectivity index (χ4n) is 3.67. The van der Waals surface area contributed by atoms with E-state index >= 15 is 0 Å². The molecule has 1 unspecified atom stereocenters. The molecule has 1 atom stereocenters. The van der Waals surface area contributed by atoms with Crippen LogP contribution in [0, 0.1) is 11.3 Å². The first kappa shape index (κ1) is 14.8. The Hall–Kier alpha value is 0.400. The standard InChI is InChI=1S/C15H28BrNO/c1-17(10-14-6-5-9-18-11-14)13-15(12-16)7-3-2-4-8-15/h14H,2-13H2,1H3. The van der Waals surface area contributed by atoms with Gasteiger partial charge in [0, 0.05) is 25.0 Å². The molecule has 1 saturated carbocycles. The zero-order valence-electron chi connectivity index (χ0n) is 11.8. The van der Waals surface area contributed by atoms with E-state index in [9.17, 15) is 0 Å². The molecule has 3 heteroatoms. The lowest BCUT2D eigenvalue weighted by molar-refractivity contribution is 0.0340. The Morgan fingerprint density at radius 2 is 2.00 bits per heavy atom. The Morgan fingerprint density at radius 1 is 1.22 bits per heavy atom. The molecule has 1 aliphatic heterocycles. The highest BCUT2D eigenvalue weighted by molar-refractivity contribution is 9.09. The number of hydrogen-bond acceptors (Lipinski definition) is 2. The molecule has 0 amide bonds. The summed E-state index contributed by atoms with van der Waals surface area (Å²) in [6.07, 6.45) is 9.70. The van der Waals surface area contributed by atoms with E-state index in [4.69, 9.17) is 4.74 Å². The van der Waals surface area contributed by atoms with Crippen molar-refractivity contribution in [2.75, 3.05) is 38.7 Å². The second-order valence-corrected chi connectivity index (χ2v) is 7.03. The van der Waals surface area contributed by atoms with Crippen LogP contribution in [0.4, 0.5) is 0 Å². The molecule has 106 valence electrons. The van der Waals surface area contributed by atoms with Crippen LogP contribution in [0.1, 0.15) is 44.9 Å². The molecule has 0 aromatic rings. The van der Waals surface area contributed by atoms with Crippen LogP contribution < -0.4 is 0 Å². The van der Waals surface area contributed by atoms with Crippen molar-refractivity contribution in [3.05, 3.63) is 0 Å². The Balaban J connectivity index is 1.78. The van der Waals surface area contributed by atoms with Crippen LogP contribution in [-0.4, -0.2) is 43.6 Å². The highest BCUT2D eigenvalue weighted by Gasteiger charge is 2.32. The molecule has 0 N–H and O–H groups in total. The fraction of sp³-hybridized carbons (Fsp3) is 1.00. The maximum atomic E-state index is 5.59. The molecular formula is C15H28BrNO. The molecule has 18 heavy (non-hydrogen) atoms. The minimum Gasteiger partial charge on any atom is -0.381 e. The summed E-state index contributed by atoms with van der Waals surface area (Å²) < 4.78 is 5.59. The Bertz CT molecular complexity index is 235. The van der Waals surface area contributed by atoms with Crippen molar-refractivity contribution in [1.82, 2.24) is 4.90 Å². The van der Waals surface area contributed by atoms with E-state index < -0.39 is 0 Å². The van der Waals surface area contributed by atoms with Crippen molar-refractivity contribution in [2.24, 2.45) is 11.3 Å². The SMILES string of the molecule is CN(CC1CCCOC1)CC1(CBr)CCCCC1. The largest absolute Gasteiger partial charge is 0.381 e. The van der Waals surface area contributed by atoms with E-state index in [0.29, 0.717) is 5.41 Å². The van der Waals surface area contributed by atoms with E-state index in [1.54, 1.807) is 0 Å². The third-order valence-corrected chi connectivity index (χ3v) is 5.82. The van der Waals surface area contributed by atoms with E-state index in [1.807, 2.05) is 0 Å². The monoisotopic (exact) mass is 317 g/mol. The summed E-state index contributed by atoms with van der Waals surface area (Å²) in [5.74, 6) is 0.764. The quantitative estimate of drug-likeness (QED) is 0.717. The molecule has 2 fully saturated rings. The summed E-state index contributed by atoms with van der Waals surface area (Å²) in [5, 5.41) is 1.17. The van der Waals surface area contributed by atoms with Crippen molar-refractivity contribution < 1.29 is 4.74 Å². The van der Waals surface area contributed by atoms with Gasteiger partial charge < -0.3 is 9.64 Å². The molecule has 1 heterocycles. The summed E-state index contributed by atoms with van der Waals surface area (Å²) in [4.78, 5) is 2.56. The number of hydrogen-bond donors (Lipinski definition) is 0. The number of ether oxygens (including phenoxy) is 1. The number of halogens is 1. The topological polar surface area (TPSA) is 12.5 Å². The molecule has 0 spiro atoms. The van der Waals surface area contributed by atoms with Gasteiger partial charge in [-0.1, -0.05) is 35.2 Å². The lowest BCUT2D eigenvalue weighted by atomic mass is 9.75. The zero-order valence-corrected chi connectivity index (χ0v) is 13.4. The van der Waals surface area contributed by atoms with Crippen molar-refractivity contribution >= 4 is 15.9 Å². The van der Waals surface area contributed by atoms with Crippen molar-refractivity contribution in [1.29, 1.82) is 0 Å². The predicted octanol–water partition coefficient (Wildman–Crippen LogP) is 3.69. The van der Waals surface area contributed by atoms with Crippen LogP contribution in [0.2, 0.25) is 0 Å². The predicted molar refractivity (Wildman–Crippen MR) is 80.4 cm³/mol. The van der Waals surface area contributed by atoms with Gasteiger partial charge in [-0.2, -0.15) is 0 Å². The number of rotatable bonds is 5. The number of alkyl halides is 1. The average Bonchev–Trinajstić information content (AvgIpc) is 2.41. The van der Waals surface area contributed by atoms with Gasteiger partial charge in [0.15, 0.2) is 0 Å². The Kier molecular flexibility index (Phi) is 5.96. The highest BCUT2D eigenvalue weighted by Crippen LogP contribution is 2.38. The van der Waals surface area contributed by atoms with E-state index in [1.165, 1.54) is 63.4 Å². The normalized spacial score (nSPS) is 28.5. The maximum Gasteiger partial charge on any atom is 0.0506 e. The number of nitrogens with zero attached hydrogens (tertiary/aromatic N) is 1. The fourth-order valence-corrected chi connectivity index (χ4v) is 4.40. The first-order valence-corrected chi connectivity index (χ1v) is 8.68.